The van der Waals surface area contributed by atoms with E-state index < -0.39 is 5.92 Å². The summed E-state index contributed by atoms with van der Waals surface area (Å²) in [6.07, 6.45) is 2.94. The summed E-state index contributed by atoms with van der Waals surface area (Å²) in [5, 5.41) is 20.9. The quantitative estimate of drug-likeness (QED) is 0.254. The third-order valence-corrected chi connectivity index (χ3v) is 3.36. The fraction of sp³-hybridized carbons (Fsp3) is 0.846. The number of amidine groups is 1. The van der Waals surface area contributed by atoms with Gasteiger partial charge >= 0.3 is 0 Å². The zero-order chi connectivity index (χ0) is 14.8. The van der Waals surface area contributed by atoms with Crippen LogP contribution in [0.4, 0.5) is 0 Å². The molecule has 4 N–H and O–H groups in total. The number of aliphatic hydroxyl groups is 1. The largest absolute Gasteiger partial charge is 0.409 e. The van der Waals surface area contributed by atoms with Crippen LogP contribution in [0.5, 0.6) is 0 Å². The van der Waals surface area contributed by atoms with E-state index in [1.165, 1.54) is 0 Å². The second-order valence-electron chi connectivity index (χ2n) is 4.59. The van der Waals surface area contributed by atoms with E-state index in [0.29, 0.717) is 6.42 Å². The number of nitrogens with two attached hydrogens (primary N) is 1. The molecule has 6 nitrogen and oxygen atoms in total. The Labute approximate surface area is 115 Å². The van der Waals surface area contributed by atoms with E-state index in [1.54, 1.807) is 4.90 Å². The average molecular weight is 273 g/mol. The molecule has 0 spiro atoms. The second kappa shape index (κ2) is 9.61. The Kier molecular flexibility index (Phi) is 8.95. The highest BCUT2D eigenvalue weighted by molar-refractivity contribution is 6.02. The first kappa shape index (κ1) is 17.7. The van der Waals surface area contributed by atoms with E-state index in [4.69, 9.17) is 16.0 Å². The van der Waals surface area contributed by atoms with Crippen LogP contribution in [-0.4, -0.2) is 46.1 Å². The molecule has 1 unspecified atom stereocenters. The molecule has 0 aromatic carbocycles. The maximum Gasteiger partial charge on any atom is 0.233 e. The highest BCUT2D eigenvalue weighted by Crippen LogP contribution is 2.16. The van der Waals surface area contributed by atoms with Crippen LogP contribution in [0.3, 0.4) is 0 Å². The van der Waals surface area contributed by atoms with Crippen molar-refractivity contribution in [2.75, 3.05) is 13.2 Å². The fourth-order valence-electron chi connectivity index (χ4n) is 2.27. The molecular formula is C13H27N3O3. The molecule has 0 rings (SSSR count). The van der Waals surface area contributed by atoms with Crippen LogP contribution in [0.2, 0.25) is 0 Å². The number of hydrogen-bond donors (Lipinski definition) is 3. The number of carbonyl (C=O) groups excluding carboxylic acids is 1. The van der Waals surface area contributed by atoms with E-state index >= 15 is 0 Å². The third-order valence-electron chi connectivity index (χ3n) is 3.36. The molecule has 0 aliphatic rings. The molecule has 6 heteroatoms. The number of oxime groups is 1. The van der Waals surface area contributed by atoms with Crippen molar-refractivity contribution in [2.45, 2.75) is 52.5 Å². The number of carbonyl (C=O) groups is 1. The highest BCUT2D eigenvalue weighted by atomic mass is 16.4. The summed E-state index contributed by atoms with van der Waals surface area (Å²) in [6, 6.07) is 0.0745. The summed E-state index contributed by atoms with van der Waals surface area (Å²) in [5.74, 6) is -0.831. The van der Waals surface area contributed by atoms with Gasteiger partial charge in [0.05, 0.1) is 12.5 Å². The molecule has 0 fully saturated rings. The second-order valence-corrected chi connectivity index (χ2v) is 4.59. The van der Waals surface area contributed by atoms with Gasteiger partial charge in [0.15, 0.2) is 5.84 Å². The van der Waals surface area contributed by atoms with E-state index in [-0.39, 0.29) is 30.9 Å². The van der Waals surface area contributed by atoms with Crippen LogP contribution in [0.25, 0.3) is 0 Å². The van der Waals surface area contributed by atoms with Gasteiger partial charge in [0.1, 0.15) is 0 Å². The predicted octanol–water partition coefficient (Wildman–Crippen LogP) is 1.16. The Bertz CT molecular complexity index is 291. The molecule has 19 heavy (non-hydrogen) atoms. The lowest BCUT2D eigenvalue weighted by Crippen LogP contribution is -2.47. The van der Waals surface area contributed by atoms with Gasteiger partial charge in [-0.15, -0.1) is 0 Å². The lowest BCUT2D eigenvalue weighted by Gasteiger charge is -2.32. The Morgan fingerprint density at radius 1 is 1.32 bits per heavy atom. The number of rotatable bonds is 9. The van der Waals surface area contributed by atoms with Crippen LogP contribution in [0.1, 0.15) is 46.5 Å². The minimum Gasteiger partial charge on any atom is -0.409 e. The smallest absolute Gasteiger partial charge is 0.233 e. The van der Waals surface area contributed by atoms with Crippen molar-refractivity contribution < 1.29 is 15.1 Å². The first-order chi connectivity index (χ1) is 9.06. The summed E-state index contributed by atoms with van der Waals surface area (Å²) in [7, 11) is 0. The van der Waals surface area contributed by atoms with Gasteiger partial charge in [-0.05, 0) is 19.3 Å². The molecule has 0 heterocycles. The molecular weight excluding hydrogens is 246 g/mol. The van der Waals surface area contributed by atoms with Crippen LogP contribution in [0.15, 0.2) is 5.16 Å². The summed E-state index contributed by atoms with van der Waals surface area (Å²) < 4.78 is 0. The predicted molar refractivity (Wildman–Crippen MR) is 75.0 cm³/mol. The van der Waals surface area contributed by atoms with Gasteiger partial charge in [0, 0.05) is 12.6 Å². The van der Waals surface area contributed by atoms with Crippen LogP contribution in [-0.2, 0) is 4.79 Å². The molecule has 1 atom stereocenters. The molecule has 0 aliphatic heterocycles. The van der Waals surface area contributed by atoms with Crippen molar-refractivity contribution in [3.05, 3.63) is 0 Å². The average Bonchev–Trinajstić information content (AvgIpc) is 2.43. The third kappa shape index (κ3) is 5.06. The molecule has 112 valence electrons. The Morgan fingerprint density at radius 2 is 1.89 bits per heavy atom. The van der Waals surface area contributed by atoms with Gasteiger partial charge in [0.25, 0.3) is 0 Å². The van der Waals surface area contributed by atoms with E-state index in [9.17, 15) is 4.79 Å². The number of aliphatic hydroxyl groups excluding tert-OH is 1. The van der Waals surface area contributed by atoms with Crippen molar-refractivity contribution in [3.8, 4) is 0 Å². The fourth-order valence-corrected chi connectivity index (χ4v) is 2.27. The Balaban J connectivity index is 5.11. The molecule has 0 radical (unpaired) electrons. The first-order valence-corrected chi connectivity index (χ1v) is 6.95. The minimum absolute atomic E-state index is 0.0549. The maximum absolute atomic E-state index is 12.5. The first-order valence-electron chi connectivity index (χ1n) is 6.95. The summed E-state index contributed by atoms with van der Waals surface area (Å²) >= 11 is 0. The van der Waals surface area contributed by atoms with E-state index in [0.717, 1.165) is 19.3 Å². The van der Waals surface area contributed by atoms with Gasteiger partial charge in [-0.25, -0.2) is 0 Å². The van der Waals surface area contributed by atoms with Crippen LogP contribution in [0, 0.1) is 5.92 Å². The molecule has 0 saturated carbocycles. The van der Waals surface area contributed by atoms with Crippen LogP contribution >= 0.6 is 0 Å². The van der Waals surface area contributed by atoms with Crippen molar-refractivity contribution in [2.24, 2.45) is 16.8 Å². The molecule has 1 amide bonds. The van der Waals surface area contributed by atoms with Crippen molar-refractivity contribution in [3.63, 3.8) is 0 Å². The molecule has 0 aromatic heterocycles. The zero-order valence-electron chi connectivity index (χ0n) is 12.2. The molecule has 0 saturated heterocycles. The normalized spacial score (nSPS) is 13.6. The number of amides is 1. The van der Waals surface area contributed by atoms with Gasteiger partial charge in [-0.3, -0.25) is 4.79 Å². The topological polar surface area (TPSA) is 99.2 Å². The van der Waals surface area contributed by atoms with Gasteiger partial charge in [-0.2, -0.15) is 0 Å². The van der Waals surface area contributed by atoms with E-state index in [1.807, 2.05) is 20.8 Å². The summed E-state index contributed by atoms with van der Waals surface area (Å²) in [6.45, 7) is 6.15. The molecule has 0 aromatic rings. The number of nitrogens with zero attached hydrogens (tertiary/aromatic N) is 2. The zero-order valence-corrected chi connectivity index (χ0v) is 12.2. The van der Waals surface area contributed by atoms with Crippen molar-refractivity contribution in [1.82, 2.24) is 4.90 Å². The summed E-state index contributed by atoms with van der Waals surface area (Å²) in [4.78, 5) is 14.2. The minimum atomic E-state index is -0.609. The summed E-state index contributed by atoms with van der Waals surface area (Å²) in [5.41, 5.74) is 5.61. The van der Waals surface area contributed by atoms with Gasteiger partial charge in [0.2, 0.25) is 5.91 Å². The molecule has 0 bridgehead atoms. The van der Waals surface area contributed by atoms with Crippen LogP contribution < -0.4 is 5.73 Å². The molecule has 0 aliphatic carbocycles. The number of hydrogen-bond acceptors (Lipinski definition) is 4. The SMILES string of the molecule is CCCC(C(=O)N(CCO)C(CC)CC)C(N)=NO. The lowest BCUT2D eigenvalue weighted by molar-refractivity contribution is -0.136. The maximum atomic E-state index is 12.5. The van der Waals surface area contributed by atoms with Crippen molar-refractivity contribution >= 4 is 11.7 Å². The Morgan fingerprint density at radius 3 is 2.26 bits per heavy atom. The van der Waals surface area contributed by atoms with E-state index in [2.05, 4.69) is 5.16 Å². The van der Waals surface area contributed by atoms with Gasteiger partial charge < -0.3 is 20.9 Å². The Hall–Kier alpha value is -1.30. The van der Waals surface area contributed by atoms with Gasteiger partial charge in [-0.1, -0.05) is 32.3 Å². The van der Waals surface area contributed by atoms with Crippen molar-refractivity contribution in [1.29, 1.82) is 0 Å². The standard InChI is InChI=1S/C13H27N3O3/c1-4-7-11(12(14)15-19)13(18)16(8-9-17)10(5-2)6-3/h10-11,17,19H,4-9H2,1-3H3,(H2,14,15). The monoisotopic (exact) mass is 273 g/mol. The lowest BCUT2D eigenvalue weighted by atomic mass is 9.98. The highest BCUT2D eigenvalue weighted by Gasteiger charge is 2.30.